The molecule has 3 heteroatoms. The Morgan fingerprint density at radius 2 is 1.56 bits per heavy atom. The molecule has 0 aromatic heterocycles. The van der Waals surface area contributed by atoms with Gasteiger partial charge in [-0.15, -0.1) is 0 Å². The Hall–Kier alpha value is -1.75. The first-order chi connectivity index (χ1) is 8.72. The second kappa shape index (κ2) is 5.73. The van der Waals surface area contributed by atoms with Gasteiger partial charge in [0.15, 0.2) is 0 Å². The van der Waals surface area contributed by atoms with Gasteiger partial charge in [-0.25, -0.2) is 0 Å². The minimum Gasteiger partial charge on any atom is -0.192 e. The smallest absolute Gasteiger partial charge is 0.0998 e. The molecular formula is C15H9Cl2N. The Morgan fingerprint density at radius 3 is 2.11 bits per heavy atom. The van der Waals surface area contributed by atoms with Crippen LogP contribution >= 0.6 is 23.2 Å². The second-order valence-electron chi connectivity index (χ2n) is 3.67. The Kier molecular flexibility index (Phi) is 4.04. The molecule has 0 atom stereocenters. The molecule has 88 valence electrons. The molecule has 2 aromatic rings. The lowest BCUT2D eigenvalue weighted by Crippen LogP contribution is -1.83. The molecule has 0 bridgehead atoms. The van der Waals surface area contributed by atoms with E-state index in [9.17, 15) is 5.26 Å². The highest BCUT2D eigenvalue weighted by Gasteiger charge is 2.06. The van der Waals surface area contributed by atoms with Crippen molar-refractivity contribution in [2.24, 2.45) is 0 Å². The van der Waals surface area contributed by atoms with Crippen LogP contribution in [0.15, 0.2) is 48.5 Å². The number of nitrogens with zero attached hydrogens (tertiary/aromatic N) is 1. The molecule has 0 amide bonds. The molecule has 0 aliphatic rings. The van der Waals surface area contributed by atoms with Crippen molar-refractivity contribution in [3.05, 3.63) is 69.7 Å². The summed E-state index contributed by atoms with van der Waals surface area (Å²) in [4.78, 5) is 0. The largest absolute Gasteiger partial charge is 0.192 e. The van der Waals surface area contributed by atoms with E-state index in [0.29, 0.717) is 21.2 Å². The molecule has 0 radical (unpaired) electrons. The van der Waals surface area contributed by atoms with Gasteiger partial charge < -0.3 is 0 Å². The summed E-state index contributed by atoms with van der Waals surface area (Å²) in [6, 6.07) is 16.9. The van der Waals surface area contributed by atoms with E-state index in [4.69, 9.17) is 23.2 Å². The van der Waals surface area contributed by atoms with Crippen LogP contribution in [0.25, 0.3) is 11.6 Å². The SMILES string of the molecule is N#C/C(=C\c1c(Cl)cccc1Cl)c1ccccc1. The molecule has 0 N–H and O–H groups in total. The molecule has 0 heterocycles. The number of nitriles is 1. The average Bonchev–Trinajstić information content (AvgIpc) is 2.40. The Bertz CT molecular complexity index is 604. The lowest BCUT2D eigenvalue weighted by atomic mass is 10.0. The highest BCUT2D eigenvalue weighted by molar-refractivity contribution is 6.37. The molecule has 0 aliphatic carbocycles. The molecule has 0 saturated heterocycles. The molecular weight excluding hydrogens is 265 g/mol. The van der Waals surface area contributed by atoms with Crippen LogP contribution in [0.5, 0.6) is 0 Å². The summed E-state index contributed by atoms with van der Waals surface area (Å²) in [5.74, 6) is 0. The predicted octanol–water partition coefficient (Wildman–Crippen LogP) is 5.06. The number of rotatable bonds is 2. The van der Waals surface area contributed by atoms with Gasteiger partial charge in [-0.2, -0.15) is 5.26 Å². The third-order valence-corrected chi connectivity index (χ3v) is 3.15. The van der Waals surface area contributed by atoms with E-state index < -0.39 is 0 Å². The van der Waals surface area contributed by atoms with E-state index in [1.807, 2.05) is 30.3 Å². The number of hydrogen-bond donors (Lipinski definition) is 0. The predicted molar refractivity (Wildman–Crippen MR) is 76.4 cm³/mol. The van der Waals surface area contributed by atoms with E-state index in [1.54, 1.807) is 24.3 Å². The lowest BCUT2D eigenvalue weighted by molar-refractivity contribution is 1.52. The van der Waals surface area contributed by atoms with Crippen LogP contribution in [0.1, 0.15) is 11.1 Å². The lowest BCUT2D eigenvalue weighted by Gasteiger charge is -2.03. The molecule has 0 unspecified atom stereocenters. The summed E-state index contributed by atoms with van der Waals surface area (Å²) < 4.78 is 0. The summed E-state index contributed by atoms with van der Waals surface area (Å²) in [5.41, 5.74) is 2.04. The molecule has 0 fully saturated rings. The molecule has 0 spiro atoms. The van der Waals surface area contributed by atoms with E-state index in [-0.39, 0.29) is 0 Å². The fourth-order valence-corrected chi connectivity index (χ4v) is 2.10. The summed E-state index contributed by atoms with van der Waals surface area (Å²) in [5, 5.41) is 10.3. The number of benzene rings is 2. The van der Waals surface area contributed by atoms with Crippen molar-refractivity contribution in [3.63, 3.8) is 0 Å². The highest BCUT2D eigenvalue weighted by atomic mass is 35.5. The van der Waals surface area contributed by atoms with Gasteiger partial charge in [0.2, 0.25) is 0 Å². The second-order valence-corrected chi connectivity index (χ2v) is 4.49. The van der Waals surface area contributed by atoms with Crippen LogP contribution in [-0.2, 0) is 0 Å². The quantitative estimate of drug-likeness (QED) is 0.554. The number of halogens is 2. The number of hydrogen-bond acceptors (Lipinski definition) is 1. The van der Waals surface area contributed by atoms with Crippen molar-refractivity contribution >= 4 is 34.9 Å². The van der Waals surface area contributed by atoms with Crippen molar-refractivity contribution < 1.29 is 0 Å². The van der Waals surface area contributed by atoms with Crippen molar-refractivity contribution in [2.45, 2.75) is 0 Å². The monoisotopic (exact) mass is 273 g/mol. The Labute approximate surface area is 116 Å². The highest BCUT2D eigenvalue weighted by Crippen LogP contribution is 2.28. The van der Waals surface area contributed by atoms with Gasteiger partial charge in [-0.1, -0.05) is 59.6 Å². The maximum atomic E-state index is 9.22. The third-order valence-electron chi connectivity index (χ3n) is 2.49. The van der Waals surface area contributed by atoms with E-state index in [2.05, 4.69) is 6.07 Å². The van der Waals surface area contributed by atoms with Crippen LogP contribution in [0, 0.1) is 11.3 Å². The van der Waals surface area contributed by atoms with Gasteiger partial charge in [0.25, 0.3) is 0 Å². The minimum absolute atomic E-state index is 0.533. The van der Waals surface area contributed by atoms with Crippen LogP contribution in [-0.4, -0.2) is 0 Å². The van der Waals surface area contributed by atoms with Crippen LogP contribution in [0.4, 0.5) is 0 Å². The summed E-state index contributed by atoms with van der Waals surface area (Å²) in [6.07, 6.45) is 1.71. The topological polar surface area (TPSA) is 23.8 Å². The van der Waals surface area contributed by atoms with Gasteiger partial charge in [0.05, 0.1) is 11.6 Å². The summed E-state index contributed by atoms with van der Waals surface area (Å²) >= 11 is 12.2. The van der Waals surface area contributed by atoms with Crippen molar-refractivity contribution in [3.8, 4) is 6.07 Å². The Morgan fingerprint density at radius 1 is 0.944 bits per heavy atom. The molecule has 0 aliphatic heterocycles. The van der Waals surface area contributed by atoms with Crippen LogP contribution < -0.4 is 0 Å². The molecule has 18 heavy (non-hydrogen) atoms. The van der Waals surface area contributed by atoms with Crippen molar-refractivity contribution in [2.75, 3.05) is 0 Å². The molecule has 0 saturated carbocycles. The van der Waals surface area contributed by atoms with Crippen LogP contribution in [0.3, 0.4) is 0 Å². The fourth-order valence-electron chi connectivity index (χ4n) is 1.59. The van der Waals surface area contributed by atoms with E-state index >= 15 is 0 Å². The zero-order valence-electron chi connectivity index (χ0n) is 9.40. The summed E-state index contributed by atoms with van der Waals surface area (Å²) in [6.45, 7) is 0. The van der Waals surface area contributed by atoms with Gasteiger partial charge >= 0.3 is 0 Å². The minimum atomic E-state index is 0.533. The fraction of sp³-hybridized carbons (Fsp3) is 0. The van der Waals surface area contributed by atoms with Crippen molar-refractivity contribution in [1.82, 2.24) is 0 Å². The van der Waals surface area contributed by atoms with Crippen molar-refractivity contribution in [1.29, 1.82) is 5.26 Å². The van der Waals surface area contributed by atoms with E-state index in [0.717, 1.165) is 5.56 Å². The third kappa shape index (κ3) is 2.73. The van der Waals surface area contributed by atoms with Gasteiger partial charge in [0, 0.05) is 15.6 Å². The molecule has 2 aromatic carbocycles. The zero-order valence-corrected chi connectivity index (χ0v) is 10.9. The van der Waals surface area contributed by atoms with Gasteiger partial charge in [-0.05, 0) is 23.8 Å². The van der Waals surface area contributed by atoms with Gasteiger partial charge in [-0.3, -0.25) is 0 Å². The number of allylic oxidation sites excluding steroid dienone is 1. The van der Waals surface area contributed by atoms with Crippen LogP contribution in [0.2, 0.25) is 10.0 Å². The maximum Gasteiger partial charge on any atom is 0.0998 e. The first-order valence-corrected chi connectivity index (χ1v) is 6.09. The van der Waals surface area contributed by atoms with E-state index in [1.165, 1.54) is 0 Å². The normalized spacial score (nSPS) is 11.1. The molecule has 2 rings (SSSR count). The zero-order chi connectivity index (χ0) is 13.0. The Balaban J connectivity index is 2.53. The maximum absolute atomic E-state index is 9.22. The molecule has 1 nitrogen and oxygen atoms in total. The van der Waals surface area contributed by atoms with Gasteiger partial charge in [0.1, 0.15) is 0 Å². The summed E-state index contributed by atoms with van der Waals surface area (Å²) in [7, 11) is 0. The average molecular weight is 274 g/mol. The standard InChI is InChI=1S/C15H9Cl2N/c16-14-7-4-8-15(17)13(14)9-12(10-18)11-5-2-1-3-6-11/h1-9H/b12-9+. The first-order valence-electron chi connectivity index (χ1n) is 5.33. The first kappa shape index (κ1) is 12.7.